The maximum Gasteiger partial charge on any atom is 0.475 e. The highest BCUT2D eigenvalue weighted by Crippen LogP contribution is 2.62. The number of nitrogens with one attached hydrogen (secondary N) is 4. The molecule has 2 atom stereocenters. The van der Waals surface area contributed by atoms with Crippen molar-refractivity contribution in [1.82, 2.24) is 67.5 Å². The Morgan fingerprint density at radius 3 is 1.12 bits per heavy atom. The average Bonchev–Trinajstić information content (AvgIpc) is 1.60. The van der Waals surface area contributed by atoms with Crippen LogP contribution in [0.3, 0.4) is 0 Å². The van der Waals surface area contributed by atoms with Gasteiger partial charge in [0.1, 0.15) is 40.6 Å². The fourth-order valence-electron chi connectivity index (χ4n) is 16.7. The molecule has 2 unspecified atom stereocenters. The van der Waals surface area contributed by atoms with Gasteiger partial charge in [0.05, 0.1) is 5.60 Å². The molecule has 6 heterocycles. The number of rotatable bonds is 25. The number of carboxylic acid groups (broad SMARTS) is 2. The van der Waals surface area contributed by atoms with Crippen molar-refractivity contribution in [2.75, 3.05) is 13.6 Å². The van der Waals surface area contributed by atoms with E-state index in [0.717, 1.165) is 36.4 Å². The topological polar surface area (TPSA) is 398 Å². The second kappa shape index (κ2) is 26.1. The number of carbonyl (C=O) groups excluding carboxylic acids is 2. The van der Waals surface area contributed by atoms with E-state index in [4.69, 9.17) is 29.1 Å². The van der Waals surface area contributed by atoms with Crippen molar-refractivity contribution in [2.45, 2.75) is 263 Å². The van der Waals surface area contributed by atoms with Gasteiger partial charge in [0.15, 0.2) is 16.9 Å². The Labute approximate surface area is 545 Å². The number of imidazole rings is 3. The van der Waals surface area contributed by atoms with Crippen LogP contribution in [0.25, 0.3) is 33.5 Å². The SMILES string of the molecule is CCCn1c(=O)c2[nH]c(C34CCC(C(=O)NCC(=O)O)(CC3)CC4)nc2n(CCC)c1=O.CCCn1c(=O)c2[nH]c(C34CCC(OP(=O)(O)OC(C(=O)O)N(C)C(=O)C56CCC(c7nc8c([nH]7)c(=O)n(CCC)c(=O)n8CCC)(CC5)CC6)(CC3)CC4)nc2n(CCC)c1=O. The highest BCUT2D eigenvalue weighted by Gasteiger charge is 2.59. The number of H-pyrrole nitrogens is 3. The molecule has 7 N–H and O–H groups in total. The fourth-order valence-corrected chi connectivity index (χ4v) is 18.0. The number of aliphatic carboxylic acids is 2. The molecule has 95 heavy (non-hydrogen) atoms. The summed E-state index contributed by atoms with van der Waals surface area (Å²) in [5, 5.41) is 21.7. The van der Waals surface area contributed by atoms with E-state index < -0.39 is 76.0 Å². The van der Waals surface area contributed by atoms with Crippen LogP contribution in [0.2, 0.25) is 0 Å². The minimum Gasteiger partial charge on any atom is -0.480 e. The smallest absolute Gasteiger partial charge is 0.475 e. The highest BCUT2D eigenvalue weighted by atomic mass is 31.2. The molecule has 0 aromatic carbocycles. The van der Waals surface area contributed by atoms with E-state index in [9.17, 15) is 62.5 Å². The van der Waals surface area contributed by atoms with E-state index in [1.54, 1.807) is 13.7 Å². The first-order valence-electron chi connectivity index (χ1n) is 34.1. The third kappa shape index (κ3) is 11.9. The average molecular weight is 1340 g/mol. The fraction of sp³-hybridized carbons (Fsp3) is 0.703. The number of phosphoric ester groups is 1. The largest absolute Gasteiger partial charge is 0.480 e. The maximum atomic E-state index is 14.3. The Morgan fingerprint density at radius 2 is 0.811 bits per heavy atom. The Morgan fingerprint density at radius 1 is 0.505 bits per heavy atom. The molecule has 31 heteroatoms. The van der Waals surface area contributed by atoms with Gasteiger partial charge in [0.2, 0.25) is 18.0 Å². The number of aromatic nitrogens is 12. The summed E-state index contributed by atoms with van der Waals surface area (Å²) >= 11 is 0. The van der Waals surface area contributed by atoms with Gasteiger partial charge in [-0.25, -0.2) is 38.7 Å². The van der Waals surface area contributed by atoms with E-state index in [-0.39, 0.29) is 58.9 Å². The summed E-state index contributed by atoms with van der Waals surface area (Å²) in [4.78, 5) is 166. The Kier molecular flexibility index (Phi) is 18.9. The normalized spacial score (nSPS) is 26.2. The maximum absolute atomic E-state index is 14.3. The lowest BCUT2D eigenvalue weighted by molar-refractivity contribution is -0.171. The second-order valence-corrected chi connectivity index (χ2v) is 29.3. The number of aromatic amines is 3. The molecule has 9 aliphatic carbocycles. The van der Waals surface area contributed by atoms with E-state index >= 15 is 0 Å². The minimum absolute atomic E-state index is 0.183. The Balaban J connectivity index is 0.000000240. The summed E-state index contributed by atoms with van der Waals surface area (Å²) < 4.78 is 33.5. The lowest BCUT2D eigenvalue weighted by Crippen LogP contribution is -2.56. The molecule has 6 bridgehead atoms. The third-order valence-electron chi connectivity index (χ3n) is 22.2. The van der Waals surface area contributed by atoms with E-state index in [2.05, 4.69) is 20.3 Å². The molecule has 6 aromatic rings. The predicted molar refractivity (Wildman–Crippen MR) is 348 cm³/mol. The first kappa shape index (κ1) is 68.8. The predicted octanol–water partition coefficient (Wildman–Crippen LogP) is 5.86. The van der Waals surface area contributed by atoms with Gasteiger partial charge >= 0.3 is 36.8 Å². The van der Waals surface area contributed by atoms with Crippen LogP contribution in [-0.4, -0.2) is 126 Å². The standard InChI is InChI=1S/C42H60N9O11P.C22H31N5O5/c1-6-22-48-28-26(30(52)50(24-8-3)37(48)57)43-34(45-28)39-10-13-41(14-11-39,15-12-39)36(56)47(5)32(33(54)55)61-63(59,60)62-42-19-16-40(17-20-42,18-21-42)35-44-27-29(46-35)49(23-7-2)38(58)51(25-9-4)31(27)53;1-3-11-26-16-15(17(30)27(12-4-2)20(26)32)24-18(25-16)21-5-8-22(9-6-21,10-7-21)19(31)23-13-14(28)29/h32H,6-25H2,1-5H3,(H,43,45)(H,44,46)(H,54,55)(H,59,60);3-13H2,1-2H3,(H,23,31)(H,24,25)(H,28,29). The second-order valence-electron chi connectivity index (χ2n) is 28.0. The number of amides is 2. The zero-order chi connectivity index (χ0) is 68.4. The lowest BCUT2D eigenvalue weighted by Gasteiger charge is -2.53. The van der Waals surface area contributed by atoms with Crippen molar-refractivity contribution in [2.24, 2.45) is 10.8 Å². The van der Waals surface area contributed by atoms with Crippen LogP contribution < -0.4 is 39.1 Å². The molecule has 0 radical (unpaired) electrons. The number of hydrogen-bond donors (Lipinski definition) is 7. The van der Waals surface area contributed by atoms with Gasteiger partial charge in [-0.1, -0.05) is 41.5 Å². The molecule has 30 nitrogen and oxygen atoms in total. The number of hydrogen-bond acceptors (Lipinski definition) is 16. The van der Waals surface area contributed by atoms with Crippen LogP contribution in [-0.2, 0) is 88.3 Å². The number of fused-ring (bicyclic) bond motifs is 12. The van der Waals surface area contributed by atoms with Gasteiger partial charge in [-0.05, 0) is 154 Å². The van der Waals surface area contributed by atoms with Gasteiger partial charge in [0.25, 0.3) is 16.7 Å². The number of aryl methyl sites for hydroxylation is 3. The van der Waals surface area contributed by atoms with Crippen molar-refractivity contribution in [3.05, 3.63) is 80.0 Å². The summed E-state index contributed by atoms with van der Waals surface area (Å²) in [6, 6.07) is 0. The van der Waals surface area contributed by atoms with Crippen molar-refractivity contribution in [3.8, 4) is 0 Å². The molecule has 6 aromatic heterocycles. The molecular weight excluding hydrogens is 1250 g/mol. The van der Waals surface area contributed by atoms with Gasteiger partial charge < -0.3 is 40.3 Å². The van der Waals surface area contributed by atoms with Gasteiger partial charge in [0, 0.05) is 73.4 Å². The monoisotopic (exact) mass is 1340 g/mol. The summed E-state index contributed by atoms with van der Waals surface area (Å²) in [6.07, 6.45) is 11.2. The summed E-state index contributed by atoms with van der Waals surface area (Å²) in [5.41, 5.74) is -4.08. The zero-order valence-electron chi connectivity index (χ0n) is 55.6. The van der Waals surface area contributed by atoms with Crippen LogP contribution in [0.1, 0.15) is 213 Å². The van der Waals surface area contributed by atoms with Crippen molar-refractivity contribution in [1.29, 1.82) is 0 Å². The van der Waals surface area contributed by atoms with Crippen molar-refractivity contribution < 1.29 is 47.9 Å². The molecule has 9 fully saturated rings. The molecule has 9 saturated carbocycles. The first-order chi connectivity index (χ1) is 45.2. The number of carboxylic acids is 2. The van der Waals surface area contributed by atoms with Crippen LogP contribution in [0.5, 0.6) is 0 Å². The molecule has 2 amide bonds. The molecule has 15 rings (SSSR count). The quantitative estimate of drug-likeness (QED) is 0.0260. The zero-order valence-corrected chi connectivity index (χ0v) is 56.5. The minimum atomic E-state index is -5.07. The van der Waals surface area contributed by atoms with Gasteiger partial charge in [-0.2, -0.15) is 0 Å². The highest BCUT2D eigenvalue weighted by molar-refractivity contribution is 7.47. The Bertz CT molecular complexity index is 4370. The van der Waals surface area contributed by atoms with Gasteiger partial charge in [-0.3, -0.25) is 65.2 Å². The van der Waals surface area contributed by atoms with E-state index in [0.29, 0.717) is 189 Å². The molecule has 0 aliphatic heterocycles. The van der Waals surface area contributed by atoms with Crippen molar-refractivity contribution >= 4 is 65.1 Å². The van der Waals surface area contributed by atoms with E-state index in [1.807, 2.05) is 41.5 Å². The van der Waals surface area contributed by atoms with Crippen LogP contribution >= 0.6 is 7.82 Å². The molecular formula is C64H91N14O16P. The molecule has 518 valence electrons. The summed E-state index contributed by atoms with van der Waals surface area (Å²) in [6.45, 7) is 13.5. The third-order valence-corrected chi connectivity index (χ3v) is 23.3. The van der Waals surface area contributed by atoms with Crippen molar-refractivity contribution in [3.63, 3.8) is 0 Å². The first-order valence-corrected chi connectivity index (χ1v) is 35.6. The summed E-state index contributed by atoms with van der Waals surface area (Å²) in [5.74, 6) is -1.46. The van der Waals surface area contributed by atoms with Crippen LogP contribution in [0, 0.1) is 10.8 Å². The molecule has 0 saturated heterocycles. The number of nitrogens with zero attached hydrogens (tertiary/aromatic N) is 10. The summed E-state index contributed by atoms with van der Waals surface area (Å²) in [7, 11) is -3.81. The number of carbonyl (C=O) groups is 4. The van der Waals surface area contributed by atoms with Gasteiger partial charge in [-0.15, -0.1) is 0 Å². The van der Waals surface area contributed by atoms with Crippen LogP contribution in [0.15, 0.2) is 28.8 Å². The number of likely N-dealkylation sites (N-methyl/N-ethyl adjacent to an activating group) is 1. The Hall–Kier alpha value is -7.56. The number of phosphoric acid groups is 1. The van der Waals surface area contributed by atoms with E-state index in [1.165, 1.54) is 20.7 Å². The molecule has 9 aliphatic rings. The van der Waals surface area contributed by atoms with Crippen LogP contribution in [0.4, 0.5) is 0 Å². The molecule has 0 spiro atoms. The lowest BCUT2D eigenvalue weighted by atomic mass is 9.53.